The molecule has 0 heterocycles. The van der Waals surface area contributed by atoms with Gasteiger partial charge >= 0.3 is 5.97 Å². The van der Waals surface area contributed by atoms with E-state index in [4.69, 9.17) is 15.9 Å². The monoisotopic (exact) mass is 253 g/mol. The first-order chi connectivity index (χ1) is 7.82. The minimum absolute atomic E-state index is 0.959. The van der Waals surface area contributed by atoms with Crippen molar-refractivity contribution >= 4 is 5.97 Å². The van der Waals surface area contributed by atoms with E-state index in [0.29, 0.717) is 0 Å². The molecule has 0 saturated carbocycles. The van der Waals surface area contributed by atoms with E-state index in [1.165, 1.54) is 0 Å². The number of carboxylic acid groups (broad SMARTS) is 1. The van der Waals surface area contributed by atoms with Crippen molar-refractivity contribution in [3.05, 3.63) is 34.4 Å². The van der Waals surface area contributed by atoms with Gasteiger partial charge in [0.05, 0.1) is 12.6 Å². The molecule has 0 aliphatic rings. The number of carbonyl (C=O) groups is 1. The van der Waals surface area contributed by atoms with Crippen molar-refractivity contribution in [2.75, 3.05) is 6.61 Å². The summed E-state index contributed by atoms with van der Waals surface area (Å²) in [6.07, 6.45) is 0. The summed E-state index contributed by atoms with van der Waals surface area (Å²) in [5.41, 5.74) is 2.08. The maximum Gasteiger partial charge on any atom is 0.341 e. The highest BCUT2D eigenvalue weighted by Gasteiger charge is 2.31. The van der Waals surface area contributed by atoms with Crippen LogP contribution in [-0.4, -0.2) is 22.8 Å². The smallest absolute Gasteiger partial charge is 0.341 e. The van der Waals surface area contributed by atoms with Crippen molar-refractivity contribution in [2.24, 2.45) is 5.73 Å². The van der Waals surface area contributed by atoms with E-state index in [2.05, 4.69) is 0 Å². The first-order valence-electron chi connectivity index (χ1n) is 4.28. The number of hydrogen-bond acceptors (Lipinski definition) is 3. The minimum Gasteiger partial charge on any atom is -0.477 e. The molecule has 0 spiro atoms. The van der Waals surface area contributed by atoms with Gasteiger partial charge in [0.25, 0.3) is 0 Å². The van der Waals surface area contributed by atoms with Crippen LogP contribution < -0.4 is 5.73 Å². The van der Waals surface area contributed by atoms with E-state index in [0.717, 1.165) is 0 Å². The molecule has 0 saturated heterocycles. The molecule has 0 amide bonds. The van der Waals surface area contributed by atoms with Gasteiger partial charge in [-0.15, -0.1) is 0 Å². The molecule has 0 aromatic heterocycles. The van der Waals surface area contributed by atoms with Crippen molar-refractivity contribution in [3.63, 3.8) is 0 Å². The Morgan fingerprint density at radius 1 is 1.12 bits per heavy atom. The van der Waals surface area contributed by atoms with Crippen LogP contribution in [0.4, 0.5) is 17.6 Å². The Kier molecular flexibility index (Phi) is 3.69. The van der Waals surface area contributed by atoms with Crippen LogP contribution in [0.1, 0.15) is 22.0 Å². The van der Waals surface area contributed by atoms with Gasteiger partial charge < -0.3 is 15.9 Å². The Bertz CT molecular complexity index is 449. The van der Waals surface area contributed by atoms with E-state index >= 15 is 0 Å². The molecule has 17 heavy (non-hydrogen) atoms. The molecule has 0 bridgehead atoms. The van der Waals surface area contributed by atoms with Gasteiger partial charge in [0.1, 0.15) is 5.56 Å². The molecule has 1 unspecified atom stereocenters. The molecule has 0 aliphatic heterocycles. The van der Waals surface area contributed by atoms with Gasteiger partial charge in [-0.2, -0.15) is 0 Å². The molecule has 1 aromatic rings. The van der Waals surface area contributed by atoms with Crippen molar-refractivity contribution in [3.8, 4) is 0 Å². The largest absolute Gasteiger partial charge is 0.477 e. The van der Waals surface area contributed by atoms with Gasteiger partial charge in [0.15, 0.2) is 23.3 Å². The number of aliphatic hydroxyl groups excluding tert-OH is 1. The van der Waals surface area contributed by atoms with Crippen molar-refractivity contribution in [1.29, 1.82) is 0 Å². The highest BCUT2D eigenvalue weighted by Crippen LogP contribution is 2.27. The van der Waals surface area contributed by atoms with Crippen LogP contribution in [0.15, 0.2) is 0 Å². The maximum atomic E-state index is 13.3. The fourth-order valence-corrected chi connectivity index (χ4v) is 1.25. The normalized spacial score (nSPS) is 12.6. The average Bonchev–Trinajstić information content (AvgIpc) is 2.26. The number of benzene rings is 1. The van der Waals surface area contributed by atoms with E-state index in [9.17, 15) is 22.4 Å². The van der Waals surface area contributed by atoms with Crippen LogP contribution in [0.3, 0.4) is 0 Å². The second-order valence-corrected chi connectivity index (χ2v) is 3.14. The van der Waals surface area contributed by atoms with Crippen LogP contribution in [0.25, 0.3) is 0 Å². The summed E-state index contributed by atoms with van der Waals surface area (Å²) in [6.45, 7) is -0.959. The van der Waals surface area contributed by atoms with Gasteiger partial charge in [-0.25, -0.2) is 22.4 Å². The van der Waals surface area contributed by atoms with Crippen molar-refractivity contribution in [1.82, 2.24) is 0 Å². The molecule has 1 aromatic carbocycles. The Morgan fingerprint density at radius 2 is 1.53 bits per heavy atom. The van der Waals surface area contributed by atoms with Crippen molar-refractivity contribution < 1.29 is 32.6 Å². The zero-order valence-electron chi connectivity index (χ0n) is 8.18. The molecule has 94 valence electrons. The standard InChI is InChI=1S/C9H7F4NO3/c10-5-3(2(14)1-15)6(11)8(13)4(7(5)12)9(16)17/h2,15H,1,14H2,(H,16,17). The number of aliphatic hydroxyl groups is 1. The summed E-state index contributed by atoms with van der Waals surface area (Å²) < 4.78 is 52.8. The topological polar surface area (TPSA) is 83.5 Å². The fourth-order valence-electron chi connectivity index (χ4n) is 1.25. The lowest BCUT2D eigenvalue weighted by molar-refractivity contribution is 0.0683. The van der Waals surface area contributed by atoms with E-state index in [1.807, 2.05) is 0 Å². The number of carboxylic acids is 1. The van der Waals surface area contributed by atoms with Crippen LogP contribution in [-0.2, 0) is 0 Å². The third kappa shape index (κ3) is 2.08. The Balaban J connectivity index is 3.64. The lowest BCUT2D eigenvalue weighted by Gasteiger charge is -2.13. The average molecular weight is 253 g/mol. The molecule has 8 heteroatoms. The van der Waals surface area contributed by atoms with Crippen LogP contribution in [0.2, 0.25) is 0 Å². The Labute approximate surface area is 92.3 Å². The van der Waals surface area contributed by atoms with Gasteiger partial charge in [-0.05, 0) is 0 Å². The second-order valence-electron chi connectivity index (χ2n) is 3.14. The van der Waals surface area contributed by atoms with Crippen LogP contribution >= 0.6 is 0 Å². The van der Waals surface area contributed by atoms with Crippen LogP contribution in [0, 0.1) is 23.3 Å². The predicted octanol–water partition coefficient (Wildman–Crippen LogP) is 0.933. The summed E-state index contributed by atoms with van der Waals surface area (Å²) in [5, 5.41) is 17.0. The summed E-state index contributed by atoms with van der Waals surface area (Å²) >= 11 is 0. The van der Waals surface area contributed by atoms with Crippen molar-refractivity contribution in [2.45, 2.75) is 6.04 Å². The van der Waals surface area contributed by atoms with E-state index < -0.39 is 53.0 Å². The SMILES string of the molecule is NC(CO)c1c(F)c(F)c(C(=O)O)c(F)c1F. The Hall–Kier alpha value is -1.67. The molecular formula is C9H7F4NO3. The lowest BCUT2D eigenvalue weighted by atomic mass is 10.0. The molecule has 0 fully saturated rings. The number of nitrogens with two attached hydrogens (primary N) is 1. The van der Waals surface area contributed by atoms with Gasteiger partial charge in [0, 0.05) is 5.56 Å². The maximum absolute atomic E-state index is 13.3. The first kappa shape index (κ1) is 13.4. The number of halogens is 4. The summed E-state index contributed by atoms with van der Waals surface area (Å²) in [5.74, 6) is -10.1. The van der Waals surface area contributed by atoms with Gasteiger partial charge in [-0.3, -0.25) is 0 Å². The number of rotatable bonds is 3. The summed E-state index contributed by atoms with van der Waals surface area (Å²) in [7, 11) is 0. The zero-order valence-corrected chi connectivity index (χ0v) is 8.18. The number of hydrogen-bond donors (Lipinski definition) is 3. The summed E-state index contributed by atoms with van der Waals surface area (Å²) in [4.78, 5) is 10.4. The number of aromatic carboxylic acids is 1. The van der Waals surface area contributed by atoms with Crippen LogP contribution in [0.5, 0.6) is 0 Å². The lowest BCUT2D eigenvalue weighted by Crippen LogP contribution is -2.22. The molecule has 0 radical (unpaired) electrons. The van der Waals surface area contributed by atoms with Gasteiger partial charge in [0.2, 0.25) is 0 Å². The molecule has 0 aliphatic carbocycles. The highest BCUT2D eigenvalue weighted by atomic mass is 19.2. The molecule has 4 nitrogen and oxygen atoms in total. The molecule has 4 N–H and O–H groups in total. The van der Waals surface area contributed by atoms with Gasteiger partial charge in [-0.1, -0.05) is 0 Å². The predicted molar refractivity (Wildman–Crippen MR) is 47.2 cm³/mol. The second kappa shape index (κ2) is 4.68. The first-order valence-corrected chi connectivity index (χ1v) is 4.28. The third-order valence-corrected chi connectivity index (χ3v) is 2.08. The third-order valence-electron chi connectivity index (χ3n) is 2.08. The quantitative estimate of drug-likeness (QED) is 0.552. The highest BCUT2D eigenvalue weighted by molar-refractivity contribution is 5.88. The molecular weight excluding hydrogens is 246 g/mol. The zero-order chi connectivity index (χ0) is 13.3. The molecule has 1 atom stereocenters. The van der Waals surface area contributed by atoms with E-state index in [-0.39, 0.29) is 0 Å². The van der Waals surface area contributed by atoms with E-state index in [1.54, 1.807) is 0 Å². The minimum atomic E-state index is -2.15. The fraction of sp³-hybridized carbons (Fsp3) is 0.222. The Morgan fingerprint density at radius 3 is 1.82 bits per heavy atom. The molecule has 1 rings (SSSR count). The summed E-state index contributed by atoms with van der Waals surface area (Å²) in [6, 6.07) is -1.69.